The van der Waals surface area contributed by atoms with Gasteiger partial charge in [-0.15, -0.1) is 0 Å². The summed E-state index contributed by atoms with van der Waals surface area (Å²) in [4.78, 5) is 38.9. The number of imide groups is 1. The van der Waals surface area contributed by atoms with Crippen molar-refractivity contribution in [3.63, 3.8) is 0 Å². The van der Waals surface area contributed by atoms with Gasteiger partial charge in [-0.1, -0.05) is 12.1 Å². The molecule has 30 heavy (non-hydrogen) atoms. The molecule has 0 bridgehead atoms. The van der Waals surface area contributed by atoms with Crippen LogP contribution >= 0.6 is 0 Å². The van der Waals surface area contributed by atoms with Gasteiger partial charge in [0.05, 0.1) is 6.61 Å². The summed E-state index contributed by atoms with van der Waals surface area (Å²) in [5.74, 6) is -0.218. The molecule has 0 saturated carbocycles. The van der Waals surface area contributed by atoms with E-state index in [9.17, 15) is 14.4 Å². The minimum absolute atomic E-state index is 0.0405. The first-order chi connectivity index (χ1) is 14.2. The highest BCUT2D eigenvalue weighted by Crippen LogP contribution is 2.35. The fraction of sp³-hybridized carbons (Fsp3) is 0.409. The number of carbonyl (C=O) groups is 3. The van der Waals surface area contributed by atoms with Crippen LogP contribution in [-0.2, 0) is 9.47 Å². The van der Waals surface area contributed by atoms with Crippen molar-refractivity contribution in [1.29, 1.82) is 0 Å². The van der Waals surface area contributed by atoms with Gasteiger partial charge in [-0.3, -0.25) is 14.5 Å². The van der Waals surface area contributed by atoms with Crippen LogP contribution in [0.1, 0.15) is 41.5 Å². The van der Waals surface area contributed by atoms with Gasteiger partial charge in [0.2, 0.25) is 0 Å². The zero-order chi connectivity index (χ0) is 21.9. The summed E-state index contributed by atoms with van der Waals surface area (Å²) < 4.78 is 15.9. The number of nitrogens with one attached hydrogen (secondary N) is 1. The van der Waals surface area contributed by atoms with Gasteiger partial charge < -0.3 is 19.5 Å². The molecule has 2 aromatic rings. The van der Waals surface area contributed by atoms with Crippen LogP contribution in [0.2, 0.25) is 0 Å². The molecule has 2 aromatic carbocycles. The van der Waals surface area contributed by atoms with E-state index in [4.69, 9.17) is 14.2 Å². The normalized spacial score (nSPS) is 13.5. The van der Waals surface area contributed by atoms with E-state index in [1.54, 1.807) is 52.1 Å². The lowest BCUT2D eigenvalue weighted by atomic mass is 9.93. The number of hydrogen-bond acceptors (Lipinski definition) is 6. The Labute approximate surface area is 175 Å². The summed E-state index contributed by atoms with van der Waals surface area (Å²) in [5.41, 5.74) is 0.228. The van der Waals surface area contributed by atoms with E-state index in [0.717, 1.165) is 4.90 Å². The topological polar surface area (TPSA) is 94.2 Å². The van der Waals surface area contributed by atoms with Crippen LogP contribution in [0.5, 0.6) is 5.75 Å². The van der Waals surface area contributed by atoms with Crippen molar-refractivity contribution in [2.75, 3.05) is 33.4 Å². The van der Waals surface area contributed by atoms with E-state index >= 15 is 0 Å². The largest absolute Gasteiger partial charge is 0.491 e. The van der Waals surface area contributed by atoms with Crippen LogP contribution in [0.4, 0.5) is 4.79 Å². The van der Waals surface area contributed by atoms with Gasteiger partial charge in [-0.25, -0.2) is 4.79 Å². The summed E-state index contributed by atoms with van der Waals surface area (Å²) in [6, 6.07) is 8.66. The van der Waals surface area contributed by atoms with Gasteiger partial charge in [0.1, 0.15) is 18.0 Å². The monoisotopic (exact) mass is 414 g/mol. The van der Waals surface area contributed by atoms with Crippen LogP contribution in [0.15, 0.2) is 30.3 Å². The maximum atomic E-state index is 13.0. The highest BCUT2D eigenvalue weighted by molar-refractivity contribution is 6.26. The Bertz CT molecular complexity index is 957. The standard InChI is InChI=1S/C22H26N2O6/c1-22(2,3)30-21(27)23-10-11-24-19(25)15-7-5-6-14-17(29-13-12-28-4)9-8-16(18(14)15)20(24)26/h5-9H,10-13H2,1-4H3,(H,23,27). The first-order valence-corrected chi connectivity index (χ1v) is 9.73. The van der Waals surface area contributed by atoms with Gasteiger partial charge in [0.25, 0.3) is 11.8 Å². The number of methoxy groups -OCH3 is 1. The minimum Gasteiger partial charge on any atom is -0.491 e. The average Bonchev–Trinajstić information content (AvgIpc) is 2.68. The lowest BCUT2D eigenvalue weighted by Gasteiger charge is -2.28. The summed E-state index contributed by atoms with van der Waals surface area (Å²) in [6.07, 6.45) is -0.597. The number of alkyl carbamates (subject to hydrolysis) is 1. The SMILES string of the molecule is COCCOc1ccc2c3c(cccc13)C(=O)N(CCNC(=O)OC(C)(C)C)C2=O. The Morgan fingerprint density at radius 3 is 2.40 bits per heavy atom. The van der Waals surface area contributed by atoms with E-state index in [2.05, 4.69) is 5.32 Å². The smallest absolute Gasteiger partial charge is 0.407 e. The average molecular weight is 414 g/mol. The highest BCUT2D eigenvalue weighted by Gasteiger charge is 2.33. The Morgan fingerprint density at radius 1 is 1.03 bits per heavy atom. The fourth-order valence-corrected chi connectivity index (χ4v) is 3.27. The number of rotatable bonds is 7. The molecule has 8 nitrogen and oxygen atoms in total. The van der Waals surface area contributed by atoms with Crippen molar-refractivity contribution in [2.24, 2.45) is 0 Å². The molecule has 0 saturated heterocycles. The molecule has 160 valence electrons. The summed E-state index contributed by atoms with van der Waals surface area (Å²) in [7, 11) is 1.59. The van der Waals surface area contributed by atoms with E-state index < -0.39 is 23.5 Å². The molecule has 0 aliphatic carbocycles. The molecule has 3 amide bonds. The molecule has 0 radical (unpaired) electrons. The van der Waals surface area contributed by atoms with Gasteiger partial charge in [-0.2, -0.15) is 0 Å². The Morgan fingerprint density at radius 2 is 1.73 bits per heavy atom. The zero-order valence-electron chi connectivity index (χ0n) is 17.6. The molecule has 1 aliphatic heterocycles. The van der Waals surface area contributed by atoms with E-state index in [1.807, 2.05) is 6.07 Å². The zero-order valence-corrected chi connectivity index (χ0v) is 17.6. The van der Waals surface area contributed by atoms with Crippen molar-refractivity contribution in [1.82, 2.24) is 10.2 Å². The molecule has 1 heterocycles. The van der Waals surface area contributed by atoms with E-state index in [-0.39, 0.29) is 13.1 Å². The molecule has 1 aliphatic rings. The molecule has 1 N–H and O–H groups in total. The molecule has 3 rings (SSSR count). The second kappa shape index (κ2) is 8.71. The summed E-state index contributed by atoms with van der Waals surface area (Å²) >= 11 is 0. The number of ether oxygens (including phenoxy) is 3. The molecule has 0 fully saturated rings. The molecule has 0 aromatic heterocycles. The van der Waals surface area contributed by atoms with Crippen molar-refractivity contribution >= 4 is 28.7 Å². The number of amides is 3. The van der Waals surface area contributed by atoms with Crippen molar-refractivity contribution in [3.8, 4) is 5.75 Å². The molecule has 0 atom stereocenters. The minimum atomic E-state index is -0.627. The fourth-order valence-electron chi connectivity index (χ4n) is 3.27. The van der Waals surface area contributed by atoms with Gasteiger partial charge in [0.15, 0.2) is 0 Å². The second-order valence-corrected chi connectivity index (χ2v) is 7.87. The summed E-state index contributed by atoms with van der Waals surface area (Å²) in [6.45, 7) is 6.20. The van der Waals surface area contributed by atoms with E-state index in [1.165, 1.54) is 0 Å². The second-order valence-electron chi connectivity index (χ2n) is 7.87. The van der Waals surface area contributed by atoms with Crippen LogP contribution in [0.3, 0.4) is 0 Å². The molecule has 8 heteroatoms. The maximum absolute atomic E-state index is 13.0. The van der Waals surface area contributed by atoms with Gasteiger partial charge >= 0.3 is 6.09 Å². The maximum Gasteiger partial charge on any atom is 0.407 e. The van der Waals surface area contributed by atoms with Crippen LogP contribution < -0.4 is 10.1 Å². The van der Waals surface area contributed by atoms with Gasteiger partial charge in [-0.05, 0) is 39.0 Å². The molecule has 0 spiro atoms. The molecular formula is C22H26N2O6. The Balaban J connectivity index is 1.80. The quantitative estimate of drug-likeness (QED) is 0.553. The van der Waals surface area contributed by atoms with Gasteiger partial charge in [0, 0.05) is 42.1 Å². The van der Waals surface area contributed by atoms with Crippen molar-refractivity contribution < 1.29 is 28.6 Å². The predicted octanol–water partition coefficient (Wildman–Crippen LogP) is 2.99. The third-order valence-corrected chi connectivity index (χ3v) is 4.50. The number of carbonyl (C=O) groups excluding carboxylic acids is 3. The first-order valence-electron chi connectivity index (χ1n) is 9.73. The number of nitrogens with zero attached hydrogens (tertiary/aromatic N) is 1. The number of benzene rings is 2. The predicted molar refractivity (Wildman–Crippen MR) is 111 cm³/mol. The van der Waals surface area contributed by atoms with Crippen LogP contribution in [0.25, 0.3) is 10.8 Å². The van der Waals surface area contributed by atoms with Crippen LogP contribution in [-0.4, -0.2) is 61.8 Å². The molecule has 0 unspecified atom stereocenters. The highest BCUT2D eigenvalue weighted by atomic mass is 16.6. The Hall–Kier alpha value is -3.13. The third kappa shape index (κ3) is 4.54. The third-order valence-electron chi connectivity index (χ3n) is 4.50. The van der Waals surface area contributed by atoms with Crippen molar-refractivity contribution in [2.45, 2.75) is 26.4 Å². The lowest BCUT2D eigenvalue weighted by Crippen LogP contribution is -2.45. The lowest BCUT2D eigenvalue weighted by molar-refractivity contribution is 0.0496. The molecular weight excluding hydrogens is 388 g/mol. The number of hydrogen-bond donors (Lipinski definition) is 1. The Kier molecular flexibility index (Phi) is 6.26. The van der Waals surface area contributed by atoms with Crippen molar-refractivity contribution in [3.05, 3.63) is 41.5 Å². The van der Waals surface area contributed by atoms with Crippen LogP contribution in [0, 0.1) is 0 Å². The summed E-state index contributed by atoms with van der Waals surface area (Å²) in [5, 5.41) is 3.86. The first kappa shape index (κ1) is 21.6. The van der Waals surface area contributed by atoms with E-state index in [0.29, 0.717) is 40.9 Å².